The highest BCUT2D eigenvalue weighted by Gasteiger charge is 2.13. The Labute approximate surface area is 104 Å². The lowest BCUT2D eigenvalue weighted by atomic mass is 10.2. The van der Waals surface area contributed by atoms with E-state index in [4.69, 9.17) is 4.74 Å². The van der Waals surface area contributed by atoms with E-state index in [1.807, 2.05) is 6.07 Å². The van der Waals surface area contributed by atoms with Gasteiger partial charge in [0, 0.05) is 18.7 Å². The van der Waals surface area contributed by atoms with Crippen molar-refractivity contribution in [2.24, 2.45) is 0 Å². The largest absolute Gasteiger partial charge is 0.492 e. The molecular formula is C14H22N2O. The van der Waals surface area contributed by atoms with Gasteiger partial charge in [0.2, 0.25) is 0 Å². The Kier molecular flexibility index (Phi) is 4.83. The van der Waals surface area contributed by atoms with Crippen LogP contribution in [0, 0.1) is 0 Å². The molecule has 94 valence electrons. The van der Waals surface area contributed by atoms with Crippen LogP contribution in [0.5, 0.6) is 5.75 Å². The van der Waals surface area contributed by atoms with Crippen molar-refractivity contribution in [3.8, 4) is 5.75 Å². The van der Waals surface area contributed by atoms with Crippen molar-refractivity contribution in [3.63, 3.8) is 0 Å². The van der Waals surface area contributed by atoms with E-state index in [9.17, 15) is 0 Å². The molecule has 0 amide bonds. The quantitative estimate of drug-likeness (QED) is 0.787. The number of fused-ring (bicyclic) bond motifs is 1. The molecule has 0 bridgehead atoms. The molecule has 0 saturated carbocycles. The molecular weight excluding hydrogens is 212 g/mol. The summed E-state index contributed by atoms with van der Waals surface area (Å²) in [5, 5.41) is 3.36. The number of hydrogen-bond donors (Lipinski definition) is 1. The Bertz CT molecular complexity index is 341. The van der Waals surface area contributed by atoms with Gasteiger partial charge < -0.3 is 10.1 Å². The van der Waals surface area contributed by atoms with Crippen molar-refractivity contribution in [2.45, 2.75) is 19.9 Å². The standard InChI is InChI=1S/C14H22N2O/c1-2-15-8-5-9-16-10-11-17-14-7-4-3-6-13(14)12-16/h3-4,6-7,15H,2,5,8-12H2,1H3. The molecule has 0 aliphatic carbocycles. The highest BCUT2D eigenvalue weighted by Crippen LogP contribution is 2.22. The molecule has 0 fully saturated rings. The summed E-state index contributed by atoms with van der Waals surface area (Å²) in [6.07, 6.45) is 1.20. The first kappa shape index (κ1) is 12.4. The Morgan fingerprint density at radius 2 is 2.24 bits per heavy atom. The van der Waals surface area contributed by atoms with Crippen LogP contribution in [0.15, 0.2) is 24.3 Å². The van der Waals surface area contributed by atoms with Crippen LogP contribution in [0.2, 0.25) is 0 Å². The van der Waals surface area contributed by atoms with Gasteiger partial charge in [-0.05, 0) is 32.1 Å². The molecule has 3 heteroatoms. The third-order valence-electron chi connectivity index (χ3n) is 3.11. The molecule has 1 aliphatic rings. The van der Waals surface area contributed by atoms with Gasteiger partial charge in [0.05, 0.1) is 0 Å². The van der Waals surface area contributed by atoms with E-state index < -0.39 is 0 Å². The van der Waals surface area contributed by atoms with Crippen molar-refractivity contribution in [1.29, 1.82) is 0 Å². The van der Waals surface area contributed by atoms with E-state index in [-0.39, 0.29) is 0 Å². The molecule has 1 heterocycles. The SMILES string of the molecule is CCNCCCN1CCOc2ccccc2C1. The van der Waals surface area contributed by atoms with Crippen LogP contribution in [0.1, 0.15) is 18.9 Å². The second-order valence-corrected chi connectivity index (χ2v) is 4.44. The lowest BCUT2D eigenvalue weighted by molar-refractivity contribution is 0.223. The van der Waals surface area contributed by atoms with Crippen LogP contribution in [-0.2, 0) is 6.54 Å². The number of hydrogen-bond acceptors (Lipinski definition) is 3. The molecule has 0 atom stereocenters. The minimum absolute atomic E-state index is 0.804. The first-order valence-corrected chi connectivity index (χ1v) is 6.54. The van der Waals surface area contributed by atoms with Crippen LogP contribution >= 0.6 is 0 Å². The van der Waals surface area contributed by atoms with E-state index >= 15 is 0 Å². The van der Waals surface area contributed by atoms with Gasteiger partial charge in [-0.2, -0.15) is 0 Å². The topological polar surface area (TPSA) is 24.5 Å². The molecule has 1 aromatic rings. The van der Waals surface area contributed by atoms with E-state index in [0.717, 1.165) is 45.1 Å². The fourth-order valence-corrected chi connectivity index (χ4v) is 2.18. The van der Waals surface area contributed by atoms with Gasteiger partial charge in [-0.1, -0.05) is 25.1 Å². The molecule has 0 spiro atoms. The van der Waals surface area contributed by atoms with Gasteiger partial charge in [-0.15, -0.1) is 0 Å². The Morgan fingerprint density at radius 3 is 3.12 bits per heavy atom. The van der Waals surface area contributed by atoms with Crippen molar-refractivity contribution in [2.75, 3.05) is 32.8 Å². The fourth-order valence-electron chi connectivity index (χ4n) is 2.18. The van der Waals surface area contributed by atoms with Crippen LogP contribution in [0.3, 0.4) is 0 Å². The zero-order valence-corrected chi connectivity index (χ0v) is 10.6. The van der Waals surface area contributed by atoms with Gasteiger partial charge in [0.15, 0.2) is 0 Å². The van der Waals surface area contributed by atoms with Crippen LogP contribution in [0.4, 0.5) is 0 Å². The van der Waals surface area contributed by atoms with Gasteiger partial charge in [0.25, 0.3) is 0 Å². The molecule has 0 saturated heterocycles. The van der Waals surface area contributed by atoms with E-state index in [0.29, 0.717) is 0 Å². The summed E-state index contributed by atoms with van der Waals surface area (Å²) in [7, 11) is 0. The molecule has 1 N–H and O–H groups in total. The maximum Gasteiger partial charge on any atom is 0.123 e. The summed E-state index contributed by atoms with van der Waals surface area (Å²) in [5.74, 6) is 1.06. The number of ether oxygens (including phenoxy) is 1. The minimum Gasteiger partial charge on any atom is -0.492 e. The lowest BCUT2D eigenvalue weighted by Crippen LogP contribution is -2.29. The van der Waals surface area contributed by atoms with Crippen LogP contribution in [0.25, 0.3) is 0 Å². The van der Waals surface area contributed by atoms with Gasteiger partial charge >= 0.3 is 0 Å². The van der Waals surface area contributed by atoms with Crippen molar-refractivity contribution in [3.05, 3.63) is 29.8 Å². The summed E-state index contributed by atoms with van der Waals surface area (Å²) >= 11 is 0. The predicted molar refractivity (Wildman–Crippen MR) is 70.4 cm³/mol. The van der Waals surface area contributed by atoms with Crippen molar-refractivity contribution >= 4 is 0 Å². The van der Waals surface area contributed by atoms with Crippen molar-refractivity contribution in [1.82, 2.24) is 10.2 Å². The predicted octanol–water partition coefficient (Wildman–Crippen LogP) is 1.88. The molecule has 2 rings (SSSR count). The first-order chi connectivity index (χ1) is 8.40. The summed E-state index contributed by atoms with van der Waals surface area (Å²) < 4.78 is 5.75. The second-order valence-electron chi connectivity index (χ2n) is 4.44. The number of para-hydroxylation sites is 1. The molecule has 0 aromatic heterocycles. The van der Waals surface area contributed by atoms with Crippen molar-refractivity contribution < 1.29 is 4.74 Å². The number of nitrogens with one attached hydrogen (secondary N) is 1. The average Bonchev–Trinajstić information content (AvgIpc) is 2.56. The molecule has 17 heavy (non-hydrogen) atoms. The Balaban J connectivity index is 1.85. The first-order valence-electron chi connectivity index (χ1n) is 6.54. The lowest BCUT2D eigenvalue weighted by Gasteiger charge is -2.19. The van der Waals surface area contributed by atoms with Gasteiger partial charge in [-0.3, -0.25) is 4.90 Å². The normalized spacial score (nSPS) is 16.1. The monoisotopic (exact) mass is 234 g/mol. The zero-order chi connectivity index (χ0) is 11.9. The second kappa shape index (κ2) is 6.62. The summed E-state index contributed by atoms with van der Waals surface area (Å²) in [5.41, 5.74) is 1.31. The third kappa shape index (κ3) is 3.72. The van der Waals surface area contributed by atoms with Crippen LogP contribution in [-0.4, -0.2) is 37.7 Å². The number of rotatable bonds is 5. The average molecular weight is 234 g/mol. The highest BCUT2D eigenvalue weighted by atomic mass is 16.5. The summed E-state index contributed by atoms with van der Waals surface area (Å²) in [4.78, 5) is 2.48. The molecule has 0 unspecified atom stereocenters. The zero-order valence-electron chi connectivity index (χ0n) is 10.6. The molecule has 3 nitrogen and oxygen atoms in total. The maximum absolute atomic E-state index is 5.75. The van der Waals surface area contributed by atoms with E-state index in [1.165, 1.54) is 12.0 Å². The fraction of sp³-hybridized carbons (Fsp3) is 0.571. The van der Waals surface area contributed by atoms with E-state index in [1.54, 1.807) is 0 Å². The highest BCUT2D eigenvalue weighted by molar-refractivity contribution is 5.33. The Hall–Kier alpha value is -1.06. The van der Waals surface area contributed by atoms with E-state index in [2.05, 4.69) is 35.3 Å². The number of benzene rings is 1. The Morgan fingerprint density at radius 1 is 1.35 bits per heavy atom. The minimum atomic E-state index is 0.804. The molecule has 0 radical (unpaired) electrons. The van der Waals surface area contributed by atoms with Gasteiger partial charge in [-0.25, -0.2) is 0 Å². The summed E-state index contributed by atoms with van der Waals surface area (Å²) in [6, 6.07) is 8.36. The molecule has 1 aromatic carbocycles. The maximum atomic E-state index is 5.75. The third-order valence-corrected chi connectivity index (χ3v) is 3.11. The number of nitrogens with zero attached hydrogens (tertiary/aromatic N) is 1. The molecule has 1 aliphatic heterocycles. The van der Waals surface area contributed by atoms with Gasteiger partial charge in [0.1, 0.15) is 12.4 Å². The smallest absolute Gasteiger partial charge is 0.123 e. The summed E-state index contributed by atoms with van der Waals surface area (Å²) in [6.45, 7) is 8.31. The van der Waals surface area contributed by atoms with Crippen LogP contribution < -0.4 is 10.1 Å².